The maximum Gasteiger partial charge on any atom is 0.225 e. The van der Waals surface area contributed by atoms with Crippen LogP contribution in [0, 0.1) is 18.3 Å². The van der Waals surface area contributed by atoms with Crippen LogP contribution < -0.4 is 4.90 Å². The Hall–Kier alpha value is -2.41. The van der Waals surface area contributed by atoms with Gasteiger partial charge in [0, 0.05) is 25.0 Å². The molecule has 1 aromatic heterocycles. The van der Waals surface area contributed by atoms with E-state index in [4.69, 9.17) is 0 Å². The molecule has 0 bridgehead atoms. The maximum absolute atomic E-state index is 9.70. The average Bonchev–Trinajstić information content (AvgIpc) is 2.56. The van der Waals surface area contributed by atoms with Crippen molar-refractivity contribution in [1.82, 2.24) is 9.97 Å². The highest BCUT2D eigenvalue weighted by Crippen LogP contribution is 2.35. The highest BCUT2D eigenvalue weighted by Gasteiger charge is 2.36. The van der Waals surface area contributed by atoms with Crippen molar-refractivity contribution in [2.45, 2.75) is 25.2 Å². The van der Waals surface area contributed by atoms with Crippen LogP contribution in [0.5, 0.6) is 0 Å². The minimum atomic E-state index is -0.373. The summed E-state index contributed by atoms with van der Waals surface area (Å²) in [5, 5.41) is 9.70. The van der Waals surface area contributed by atoms with Crippen molar-refractivity contribution >= 4 is 5.95 Å². The van der Waals surface area contributed by atoms with E-state index in [1.807, 2.05) is 31.2 Å². The number of hydrogen-bond donors (Lipinski definition) is 0. The first-order chi connectivity index (χ1) is 10.2. The second kappa shape index (κ2) is 5.53. The van der Waals surface area contributed by atoms with Gasteiger partial charge >= 0.3 is 0 Å². The third-order valence-electron chi connectivity index (χ3n) is 4.22. The van der Waals surface area contributed by atoms with Gasteiger partial charge in [0.05, 0.1) is 11.5 Å². The van der Waals surface area contributed by atoms with E-state index in [9.17, 15) is 5.26 Å². The molecule has 2 aromatic rings. The Morgan fingerprint density at radius 3 is 2.48 bits per heavy atom. The SMILES string of the molecule is Cc1ccnc(N2CCC(C#N)(c3ccccc3)CC2)n1. The smallest absolute Gasteiger partial charge is 0.225 e. The molecule has 1 aliphatic heterocycles. The molecule has 106 valence electrons. The van der Waals surface area contributed by atoms with Gasteiger partial charge in [0.15, 0.2) is 0 Å². The van der Waals surface area contributed by atoms with Gasteiger partial charge in [-0.15, -0.1) is 0 Å². The van der Waals surface area contributed by atoms with Crippen molar-refractivity contribution in [3.8, 4) is 6.07 Å². The third kappa shape index (κ3) is 2.59. The van der Waals surface area contributed by atoms with Crippen LogP contribution in [0.25, 0.3) is 0 Å². The summed E-state index contributed by atoms with van der Waals surface area (Å²) >= 11 is 0. The minimum Gasteiger partial charge on any atom is -0.341 e. The first-order valence-corrected chi connectivity index (χ1v) is 7.25. The summed E-state index contributed by atoms with van der Waals surface area (Å²) in [7, 11) is 0. The van der Waals surface area contributed by atoms with E-state index >= 15 is 0 Å². The number of benzene rings is 1. The Morgan fingerprint density at radius 1 is 1.14 bits per heavy atom. The van der Waals surface area contributed by atoms with Gasteiger partial charge < -0.3 is 4.90 Å². The second-order valence-electron chi connectivity index (χ2n) is 5.55. The number of anilines is 1. The fourth-order valence-electron chi connectivity index (χ4n) is 2.90. The molecule has 1 saturated heterocycles. The zero-order chi connectivity index (χ0) is 14.7. The van der Waals surface area contributed by atoms with Crippen molar-refractivity contribution in [3.05, 3.63) is 53.9 Å². The molecule has 1 fully saturated rings. The van der Waals surface area contributed by atoms with E-state index in [-0.39, 0.29) is 5.41 Å². The Bertz CT molecular complexity index is 652. The Balaban J connectivity index is 1.79. The fourth-order valence-corrected chi connectivity index (χ4v) is 2.90. The molecule has 3 rings (SSSR count). The highest BCUT2D eigenvalue weighted by molar-refractivity contribution is 5.38. The molecule has 0 atom stereocenters. The monoisotopic (exact) mass is 278 g/mol. The quantitative estimate of drug-likeness (QED) is 0.847. The standard InChI is InChI=1S/C17H18N4/c1-14-7-10-19-16(20-14)21-11-8-17(13-18,9-12-21)15-5-3-2-4-6-15/h2-7,10H,8-9,11-12H2,1H3. The van der Waals surface area contributed by atoms with Crippen molar-refractivity contribution in [3.63, 3.8) is 0 Å². The minimum absolute atomic E-state index is 0.373. The molecule has 1 aromatic carbocycles. The van der Waals surface area contributed by atoms with Crippen molar-refractivity contribution in [2.24, 2.45) is 0 Å². The van der Waals surface area contributed by atoms with Crippen LogP contribution in [0.2, 0.25) is 0 Å². The first kappa shape index (κ1) is 13.6. The van der Waals surface area contributed by atoms with Gasteiger partial charge in [-0.1, -0.05) is 30.3 Å². The molecule has 0 saturated carbocycles. The summed E-state index contributed by atoms with van der Waals surface area (Å²) < 4.78 is 0. The lowest BCUT2D eigenvalue weighted by Gasteiger charge is -2.37. The number of piperidine rings is 1. The van der Waals surface area contributed by atoms with Crippen LogP contribution in [-0.4, -0.2) is 23.1 Å². The predicted molar refractivity (Wildman–Crippen MR) is 81.9 cm³/mol. The maximum atomic E-state index is 9.70. The van der Waals surface area contributed by atoms with Crippen LogP contribution in [-0.2, 0) is 5.41 Å². The number of aromatic nitrogens is 2. The fraction of sp³-hybridized carbons (Fsp3) is 0.353. The lowest BCUT2D eigenvalue weighted by atomic mass is 9.74. The lowest BCUT2D eigenvalue weighted by molar-refractivity contribution is 0.412. The largest absolute Gasteiger partial charge is 0.341 e. The number of hydrogen-bond acceptors (Lipinski definition) is 4. The van der Waals surface area contributed by atoms with Crippen LogP contribution in [0.1, 0.15) is 24.1 Å². The summed E-state index contributed by atoms with van der Waals surface area (Å²) in [5.74, 6) is 0.773. The highest BCUT2D eigenvalue weighted by atomic mass is 15.3. The molecule has 0 aliphatic carbocycles. The van der Waals surface area contributed by atoms with Gasteiger partial charge in [-0.25, -0.2) is 9.97 Å². The van der Waals surface area contributed by atoms with E-state index in [2.05, 4.69) is 33.1 Å². The van der Waals surface area contributed by atoms with Crippen LogP contribution in [0.3, 0.4) is 0 Å². The predicted octanol–water partition coefficient (Wildman–Crippen LogP) is 2.85. The summed E-state index contributed by atoms with van der Waals surface area (Å²) in [5.41, 5.74) is 1.72. The third-order valence-corrected chi connectivity index (χ3v) is 4.22. The summed E-state index contributed by atoms with van der Waals surface area (Å²) in [6.45, 7) is 3.59. The normalized spacial score (nSPS) is 17.2. The van der Waals surface area contributed by atoms with Crippen molar-refractivity contribution < 1.29 is 0 Å². The summed E-state index contributed by atoms with van der Waals surface area (Å²) in [6.07, 6.45) is 3.41. The number of nitriles is 1. The number of aryl methyl sites for hydroxylation is 1. The topological polar surface area (TPSA) is 52.8 Å². The number of rotatable bonds is 2. The van der Waals surface area contributed by atoms with Crippen LogP contribution in [0.15, 0.2) is 42.6 Å². The molecular weight excluding hydrogens is 260 g/mol. The zero-order valence-electron chi connectivity index (χ0n) is 12.2. The van der Waals surface area contributed by atoms with E-state index in [0.29, 0.717) is 0 Å². The van der Waals surface area contributed by atoms with E-state index < -0.39 is 0 Å². The van der Waals surface area contributed by atoms with E-state index in [1.54, 1.807) is 6.20 Å². The zero-order valence-corrected chi connectivity index (χ0v) is 12.2. The molecule has 4 nitrogen and oxygen atoms in total. The molecule has 21 heavy (non-hydrogen) atoms. The van der Waals surface area contributed by atoms with Gasteiger partial charge in [0.2, 0.25) is 5.95 Å². The van der Waals surface area contributed by atoms with Gasteiger partial charge in [-0.3, -0.25) is 0 Å². The molecule has 0 amide bonds. The molecule has 1 aliphatic rings. The molecular formula is C17H18N4. The molecule has 0 unspecified atom stereocenters. The molecule has 4 heteroatoms. The molecule has 0 N–H and O–H groups in total. The van der Waals surface area contributed by atoms with E-state index in [0.717, 1.165) is 43.1 Å². The van der Waals surface area contributed by atoms with Crippen molar-refractivity contribution in [2.75, 3.05) is 18.0 Å². The second-order valence-corrected chi connectivity index (χ2v) is 5.55. The summed E-state index contributed by atoms with van der Waals surface area (Å²) in [6, 6.07) is 14.6. The Kier molecular flexibility index (Phi) is 3.57. The lowest BCUT2D eigenvalue weighted by Crippen LogP contribution is -2.42. The van der Waals surface area contributed by atoms with Crippen molar-refractivity contribution in [1.29, 1.82) is 5.26 Å². The molecule has 2 heterocycles. The molecule has 0 spiro atoms. The Morgan fingerprint density at radius 2 is 1.86 bits per heavy atom. The number of nitrogens with zero attached hydrogens (tertiary/aromatic N) is 4. The van der Waals surface area contributed by atoms with Gasteiger partial charge in [0.1, 0.15) is 0 Å². The Labute approximate surface area is 125 Å². The molecule has 0 radical (unpaired) electrons. The first-order valence-electron chi connectivity index (χ1n) is 7.25. The van der Waals surface area contributed by atoms with Gasteiger partial charge in [0.25, 0.3) is 0 Å². The summed E-state index contributed by atoms with van der Waals surface area (Å²) in [4.78, 5) is 11.0. The average molecular weight is 278 g/mol. The van der Waals surface area contributed by atoms with Crippen LogP contribution >= 0.6 is 0 Å². The van der Waals surface area contributed by atoms with Gasteiger partial charge in [-0.05, 0) is 31.4 Å². The van der Waals surface area contributed by atoms with Gasteiger partial charge in [-0.2, -0.15) is 5.26 Å². The van der Waals surface area contributed by atoms with E-state index in [1.165, 1.54) is 0 Å². The van der Waals surface area contributed by atoms with Crippen LogP contribution in [0.4, 0.5) is 5.95 Å².